The first-order chi connectivity index (χ1) is 12.3. The summed E-state index contributed by atoms with van der Waals surface area (Å²) in [7, 11) is 1.64. The number of nitrogens with one attached hydrogen (secondary N) is 1. The van der Waals surface area contributed by atoms with E-state index in [4.69, 9.17) is 4.74 Å². The van der Waals surface area contributed by atoms with Crippen molar-refractivity contribution in [3.8, 4) is 5.75 Å². The highest BCUT2D eigenvalue weighted by Gasteiger charge is 2.04. The quantitative estimate of drug-likeness (QED) is 0.443. The highest BCUT2D eigenvalue weighted by atomic mass is 16.5. The van der Waals surface area contributed by atoms with Crippen molar-refractivity contribution in [2.75, 3.05) is 7.11 Å². The summed E-state index contributed by atoms with van der Waals surface area (Å²) in [5, 5.41) is 4.26. The van der Waals surface area contributed by atoms with E-state index in [9.17, 15) is 0 Å². The smallest absolute Gasteiger partial charge is 0.174 e. The van der Waals surface area contributed by atoms with Crippen LogP contribution in [0.3, 0.4) is 0 Å². The van der Waals surface area contributed by atoms with Crippen LogP contribution in [0.2, 0.25) is 0 Å². The molecule has 6 heteroatoms. The maximum absolute atomic E-state index is 5.14. The Kier molecular flexibility index (Phi) is 5.45. The molecule has 0 fully saturated rings. The Morgan fingerprint density at radius 2 is 1.72 bits per heavy atom. The number of pyridine rings is 2. The average molecular weight is 331 g/mol. The molecular formula is C19H17N5O. The molecule has 0 radical (unpaired) electrons. The van der Waals surface area contributed by atoms with E-state index in [2.05, 4.69) is 25.5 Å². The second-order valence-corrected chi connectivity index (χ2v) is 5.01. The summed E-state index contributed by atoms with van der Waals surface area (Å²) in [6, 6.07) is 18.7. The molecule has 1 aromatic carbocycles. The van der Waals surface area contributed by atoms with Crippen molar-refractivity contribution < 1.29 is 4.74 Å². The first-order valence-corrected chi connectivity index (χ1v) is 7.69. The van der Waals surface area contributed by atoms with Crippen LogP contribution in [-0.4, -0.2) is 29.1 Å². The lowest BCUT2D eigenvalue weighted by Crippen LogP contribution is -2.20. The van der Waals surface area contributed by atoms with E-state index in [0.717, 1.165) is 11.3 Å². The molecule has 0 aliphatic rings. The first kappa shape index (κ1) is 16.3. The predicted molar refractivity (Wildman–Crippen MR) is 98.4 cm³/mol. The van der Waals surface area contributed by atoms with E-state index in [1.807, 2.05) is 60.7 Å². The minimum absolute atomic E-state index is 0.518. The molecule has 0 unspecified atom stereocenters. The number of amidine groups is 1. The van der Waals surface area contributed by atoms with Crippen molar-refractivity contribution in [3.05, 3.63) is 84.3 Å². The summed E-state index contributed by atoms with van der Waals surface area (Å²) in [4.78, 5) is 13.0. The van der Waals surface area contributed by atoms with Gasteiger partial charge in [-0.1, -0.05) is 12.1 Å². The second kappa shape index (κ2) is 8.35. The molecule has 0 aliphatic heterocycles. The van der Waals surface area contributed by atoms with Crippen LogP contribution in [0.1, 0.15) is 11.3 Å². The van der Waals surface area contributed by atoms with Gasteiger partial charge in [-0.15, -0.1) is 0 Å². The van der Waals surface area contributed by atoms with Gasteiger partial charge in [-0.05, 0) is 54.1 Å². The summed E-state index contributed by atoms with van der Waals surface area (Å²) in [5.74, 6) is 1.90. The molecule has 0 saturated heterocycles. The van der Waals surface area contributed by atoms with Crippen LogP contribution in [0.25, 0.3) is 0 Å². The lowest BCUT2D eigenvalue weighted by Gasteiger charge is -2.05. The van der Waals surface area contributed by atoms with Gasteiger partial charge in [0, 0.05) is 12.4 Å². The fourth-order valence-electron chi connectivity index (χ4n) is 2.03. The molecule has 3 rings (SSSR count). The van der Waals surface area contributed by atoms with Crippen LogP contribution in [0, 0.1) is 0 Å². The molecule has 3 aromatic rings. The van der Waals surface area contributed by atoms with E-state index in [1.54, 1.807) is 25.7 Å². The topological polar surface area (TPSA) is 71.8 Å². The number of hydrogen-bond donors (Lipinski definition) is 1. The highest BCUT2D eigenvalue weighted by Crippen LogP contribution is 2.10. The van der Waals surface area contributed by atoms with Gasteiger partial charge in [0.25, 0.3) is 0 Å². The normalized spacial score (nSPS) is 11.5. The van der Waals surface area contributed by atoms with E-state index < -0.39 is 0 Å². The highest BCUT2D eigenvalue weighted by molar-refractivity contribution is 5.98. The first-order valence-electron chi connectivity index (χ1n) is 7.69. The third kappa shape index (κ3) is 4.71. The van der Waals surface area contributed by atoms with Gasteiger partial charge in [-0.25, -0.2) is 9.98 Å². The summed E-state index contributed by atoms with van der Waals surface area (Å²) in [6.07, 6.45) is 5.10. The van der Waals surface area contributed by atoms with Crippen molar-refractivity contribution in [1.29, 1.82) is 0 Å². The fourth-order valence-corrected chi connectivity index (χ4v) is 2.03. The van der Waals surface area contributed by atoms with Crippen LogP contribution in [0.15, 0.2) is 83.2 Å². The molecular weight excluding hydrogens is 314 g/mol. The third-order valence-electron chi connectivity index (χ3n) is 3.28. The number of hydrazone groups is 1. The van der Waals surface area contributed by atoms with Crippen LogP contribution in [0.4, 0.5) is 5.82 Å². The largest absolute Gasteiger partial charge is 0.497 e. The number of rotatable bonds is 5. The number of nitrogens with zero attached hydrogens (tertiary/aromatic N) is 4. The minimum atomic E-state index is 0.518. The van der Waals surface area contributed by atoms with E-state index in [1.165, 1.54) is 0 Å². The molecule has 0 amide bonds. The zero-order valence-electron chi connectivity index (χ0n) is 13.7. The standard InChI is InChI=1S/C19H17N5O/c1-25-16-10-8-15(9-11-16)14-22-24-19(17-6-2-4-12-20-17)23-18-7-3-5-13-21-18/h2-14H,1H3,(H,21,23,24). The van der Waals surface area contributed by atoms with Crippen molar-refractivity contribution in [3.63, 3.8) is 0 Å². The number of ether oxygens (including phenoxy) is 1. The predicted octanol–water partition coefficient (Wildman–Crippen LogP) is 3.19. The van der Waals surface area contributed by atoms with Gasteiger partial charge < -0.3 is 4.74 Å². The number of benzene rings is 1. The van der Waals surface area contributed by atoms with Crippen molar-refractivity contribution in [2.45, 2.75) is 0 Å². The molecule has 0 atom stereocenters. The van der Waals surface area contributed by atoms with Gasteiger partial charge in [-0.3, -0.25) is 10.4 Å². The lowest BCUT2D eigenvalue weighted by atomic mass is 10.2. The van der Waals surface area contributed by atoms with Gasteiger partial charge in [0.15, 0.2) is 11.7 Å². The van der Waals surface area contributed by atoms with Gasteiger partial charge in [0.1, 0.15) is 11.4 Å². The molecule has 25 heavy (non-hydrogen) atoms. The number of methoxy groups -OCH3 is 1. The van der Waals surface area contributed by atoms with Crippen LogP contribution in [0.5, 0.6) is 5.75 Å². The Balaban J connectivity index is 1.80. The number of aliphatic imine (C=N–C) groups is 1. The molecule has 0 spiro atoms. The Morgan fingerprint density at radius 3 is 2.36 bits per heavy atom. The molecule has 2 aromatic heterocycles. The third-order valence-corrected chi connectivity index (χ3v) is 3.28. The summed E-state index contributed by atoms with van der Waals surface area (Å²) < 4.78 is 5.14. The van der Waals surface area contributed by atoms with Crippen LogP contribution < -0.4 is 10.2 Å². The van der Waals surface area contributed by atoms with Gasteiger partial charge >= 0.3 is 0 Å². The maximum atomic E-state index is 5.14. The summed E-state index contributed by atoms with van der Waals surface area (Å²) >= 11 is 0. The van der Waals surface area contributed by atoms with E-state index in [0.29, 0.717) is 17.3 Å². The molecule has 0 aliphatic carbocycles. The van der Waals surface area contributed by atoms with Crippen molar-refractivity contribution in [1.82, 2.24) is 15.4 Å². The zero-order chi connectivity index (χ0) is 17.3. The molecule has 0 saturated carbocycles. The molecule has 6 nitrogen and oxygen atoms in total. The molecule has 0 bridgehead atoms. The van der Waals surface area contributed by atoms with Gasteiger partial charge in [-0.2, -0.15) is 5.10 Å². The van der Waals surface area contributed by atoms with Crippen molar-refractivity contribution >= 4 is 17.9 Å². The van der Waals surface area contributed by atoms with Gasteiger partial charge in [0.05, 0.1) is 13.3 Å². The Labute approximate surface area is 146 Å². The van der Waals surface area contributed by atoms with Crippen molar-refractivity contribution in [2.24, 2.45) is 10.1 Å². The van der Waals surface area contributed by atoms with E-state index in [-0.39, 0.29) is 0 Å². The zero-order valence-corrected chi connectivity index (χ0v) is 13.7. The Hall–Kier alpha value is -3.54. The SMILES string of the molecule is COc1ccc(C=NNC(=Nc2ccccn2)c2ccccn2)cc1. The van der Waals surface area contributed by atoms with Gasteiger partial charge in [0.2, 0.25) is 0 Å². The Bertz CT molecular complexity index is 846. The summed E-state index contributed by atoms with van der Waals surface area (Å²) in [6.45, 7) is 0. The maximum Gasteiger partial charge on any atom is 0.174 e. The molecule has 1 N–H and O–H groups in total. The molecule has 2 heterocycles. The summed E-state index contributed by atoms with van der Waals surface area (Å²) in [5.41, 5.74) is 4.56. The molecule has 124 valence electrons. The Morgan fingerprint density at radius 1 is 0.960 bits per heavy atom. The minimum Gasteiger partial charge on any atom is -0.497 e. The van der Waals surface area contributed by atoms with Crippen LogP contribution >= 0.6 is 0 Å². The average Bonchev–Trinajstić information content (AvgIpc) is 2.69. The number of hydrogen-bond acceptors (Lipinski definition) is 5. The number of aromatic nitrogens is 2. The van der Waals surface area contributed by atoms with Crippen LogP contribution in [-0.2, 0) is 0 Å². The van der Waals surface area contributed by atoms with E-state index >= 15 is 0 Å². The lowest BCUT2D eigenvalue weighted by molar-refractivity contribution is 0.415. The fraction of sp³-hybridized carbons (Fsp3) is 0.0526. The monoisotopic (exact) mass is 331 g/mol. The second-order valence-electron chi connectivity index (χ2n) is 5.01.